The van der Waals surface area contributed by atoms with Gasteiger partial charge in [0.25, 0.3) is 0 Å². The lowest BCUT2D eigenvalue weighted by Gasteiger charge is -2.15. The highest BCUT2D eigenvalue weighted by atomic mass is 35.5. The normalized spacial score (nSPS) is 20.8. The van der Waals surface area contributed by atoms with E-state index < -0.39 is 0 Å². The minimum atomic E-state index is 0.271. The number of hydrogen-bond acceptors (Lipinski definition) is 2. The van der Waals surface area contributed by atoms with Gasteiger partial charge in [-0.3, -0.25) is 0 Å². The molecule has 2 nitrogen and oxygen atoms in total. The molecule has 0 aliphatic heterocycles. The maximum absolute atomic E-state index is 5.98. The second-order valence-corrected chi connectivity index (χ2v) is 4.91. The van der Waals surface area contributed by atoms with E-state index in [0.717, 1.165) is 24.4 Å². The highest BCUT2D eigenvalue weighted by molar-refractivity contribution is 6.30. The molecule has 0 saturated heterocycles. The number of rotatable bonds is 4. The Morgan fingerprint density at radius 3 is 2.94 bits per heavy atom. The third kappa shape index (κ3) is 2.76. The molecular formula is C13H18ClNO. The molecule has 0 heterocycles. The zero-order valence-corrected chi connectivity index (χ0v) is 10.6. The first-order chi connectivity index (χ1) is 7.69. The molecule has 0 fully saturated rings. The SMILES string of the molecule is COC(C)CNC1Cc2ccc(Cl)cc2C1. The van der Waals surface area contributed by atoms with Crippen LogP contribution in [0.25, 0.3) is 0 Å². The van der Waals surface area contributed by atoms with Crippen LogP contribution in [0.2, 0.25) is 5.02 Å². The molecule has 88 valence electrons. The maximum Gasteiger partial charge on any atom is 0.0667 e. The van der Waals surface area contributed by atoms with Gasteiger partial charge in [0.15, 0.2) is 0 Å². The smallest absolute Gasteiger partial charge is 0.0667 e. The molecule has 0 aromatic heterocycles. The molecular weight excluding hydrogens is 222 g/mol. The molecule has 2 unspecified atom stereocenters. The number of halogens is 1. The molecule has 1 N–H and O–H groups in total. The van der Waals surface area contributed by atoms with E-state index in [-0.39, 0.29) is 6.10 Å². The molecule has 16 heavy (non-hydrogen) atoms. The van der Waals surface area contributed by atoms with Crippen LogP contribution >= 0.6 is 11.6 Å². The van der Waals surface area contributed by atoms with Gasteiger partial charge in [-0.25, -0.2) is 0 Å². The van der Waals surface area contributed by atoms with Crippen molar-refractivity contribution in [3.8, 4) is 0 Å². The zero-order valence-electron chi connectivity index (χ0n) is 9.79. The number of ether oxygens (including phenoxy) is 1. The Morgan fingerprint density at radius 1 is 1.44 bits per heavy atom. The van der Waals surface area contributed by atoms with Gasteiger partial charge in [0.2, 0.25) is 0 Å². The summed E-state index contributed by atoms with van der Waals surface area (Å²) in [5.41, 5.74) is 2.81. The van der Waals surface area contributed by atoms with Crippen molar-refractivity contribution in [2.75, 3.05) is 13.7 Å². The Labute approximate surface area is 102 Å². The summed E-state index contributed by atoms with van der Waals surface area (Å²) in [7, 11) is 1.75. The molecule has 0 spiro atoms. The van der Waals surface area contributed by atoms with Gasteiger partial charge in [-0.1, -0.05) is 17.7 Å². The molecule has 0 amide bonds. The van der Waals surface area contributed by atoms with E-state index in [2.05, 4.69) is 24.4 Å². The topological polar surface area (TPSA) is 21.3 Å². The van der Waals surface area contributed by atoms with E-state index in [0.29, 0.717) is 6.04 Å². The number of methoxy groups -OCH3 is 1. The molecule has 0 bridgehead atoms. The number of fused-ring (bicyclic) bond motifs is 1. The van der Waals surface area contributed by atoms with Crippen LogP contribution in [-0.2, 0) is 17.6 Å². The summed E-state index contributed by atoms with van der Waals surface area (Å²) in [5, 5.41) is 4.37. The van der Waals surface area contributed by atoms with Crippen LogP contribution in [0.5, 0.6) is 0 Å². The van der Waals surface area contributed by atoms with Gasteiger partial charge in [0.1, 0.15) is 0 Å². The lowest BCUT2D eigenvalue weighted by Crippen LogP contribution is -2.35. The van der Waals surface area contributed by atoms with Crippen molar-refractivity contribution in [3.63, 3.8) is 0 Å². The fourth-order valence-electron chi connectivity index (χ4n) is 2.15. The second-order valence-electron chi connectivity index (χ2n) is 4.47. The van der Waals surface area contributed by atoms with E-state index in [9.17, 15) is 0 Å². The van der Waals surface area contributed by atoms with E-state index in [1.54, 1.807) is 7.11 Å². The van der Waals surface area contributed by atoms with E-state index >= 15 is 0 Å². The fourth-order valence-corrected chi connectivity index (χ4v) is 2.34. The van der Waals surface area contributed by atoms with Crippen LogP contribution < -0.4 is 5.32 Å². The Hall–Kier alpha value is -0.570. The predicted molar refractivity (Wildman–Crippen MR) is 67.1 cm³/mol. The Balaban J connectivity index is 1.90. The third-order valence-electron chi connectivity index (χ3n) is 3.20. The maximum atomic E-state index is 5.98. The lowest BCUT2D eigenvalue weighted by atomic mass is 10.1. The summed E-state index contributed by atoms with van der Waals surface area (Å²) in [6.07, 6.45) is 2.45. The summed E-state index contributed by atoms with van der Waals surface area (Å²) in [6, 6.07) is 6.73. The number of hydrogen-bond donors (Lipinski definition) is 1. The van der Waals surface area contributed by atoms with Gasteiger partial charge in [0.05, 0.1) is 6.10 Å². The highest BCUT2D eigenvalue weighted by Crippen LogP contribution is 2.25. The van der Waals surface area contributed by atoms with Crippen LogP contribution in [0.3, 0.4) is 0 Å². The monoisotopic (exact) mass is 239 g/mol. The molecule has 2 atom stereocenters. The predicted octanol–water partition coefficient (Wildman–Crippen LogP) is 2.43. The Bertz CT molecular complexity index is 367. The molecule has 3 heteroatoms. The van der Waals surface area contributed by atoms with Gasteiger partial charge in [0, 0.05) is 24.7 Å². The van der Waals surface area contributed by atoms with Gasteiger partial charge in [-0.15, -0.1) is 0 Å². The average Bonchev–Trinajstić information content (AvgIpc) is 2.67. The third-order valence-corrected chi connectivity index (χ3v) is 3.43. The summed E-state index contributed by atoms with van der Waals surface area (Å²) in [6.45, 7) is 2.98. The minimum Gasteiger partial charge on any atom is -0.380 e. The van der Waals surface area contributed by atoms with E-state index in [1.165, 1.54) is 11.1 Å². The van der Waals surface area contributed by atoms with Crippen molar-refractivity contribution in [3.05, 3.63) is 34.3 Å². The molecule has 1 aliphatic carbocycles. The highest BCUT2D eigenvalue weighted by Gasteiger charge is 2.21. The number of nitrogens with one attached hydrogen (secondary N) is 1. The Kier molecular flexibility index (Phi) is 3.85. The standard InChI is InChI=1S/C13H18ClNO/c1-9(16-2)8-15-13-6-10-3-4-12(14)5-11(10)7-13/h3-5,9,13,15H,6-8H2,1-2H3. The number of benzene rings is 1. The molecule has 2 rings (SSSR count). The molecule has 1 aromatic rings. The summed E-state index contributed by atoms with van der Waals surface area (Å²) in [4.78, 5) is 0. The molecule has 0 radical (unpaired) electrons. The van der Waals surface area contributed by atoms with Crippen molar-refractivity contribution in [2.24, 2.45) is 0 Å². The first kappa shape index (κ1) is 11.9. The van der Waals surface area contributed by atoms with Crippen molar-refractivity contribution in [2.45, 2.75) is 31.9 Å². The first-order valence-electron chi connectivity index (χ1n) is 5.72. The van der Waals surface area contributed by atoms with Gasteiger partial charge < -0.3 is 10.1 Å². The average molecular weight is 240 g/mol. The van der Waals surface area contributed by atoms with Crippen LogP contribution in [-0.4, -0.2) is 25.8 Å². The van der Waals surface area contributed by atoms with Gasteiger partial charge >= 0.3 is 0 Å². The summed E-state index contributed by atoms with van der Waals surface area (Å²) >= 11 is 5.98. The van der Waals surface area contributed by atoms with Crippen molar-refractivity contribution < 1.29 is 4.74 Å². The molecule has 1 aromatic carbocycles. The van der Waals surface area contributed by atoms with Gasteiger partial charge in [-0.2, -0.15) is 0 Å². The van der Waals surface area contributed by atoms with Crippen LogP contribution in [0.15, 0.2) is 18.2 Å². The summed E-state index contributed by atoms with van der Waals surface area (Å²) < 4.78 is 5.22. The van der Waals surface area contributed by atoms with Crippen molar-refractivity contribution >= 4 is 11.6 Å². The molecule has 1 aliphatic rings. The van der Waals surface area contributed by atoms with Crippen LogP contribution in [0, 0.1) is 0 Å². The van der Waals surface area contributed by atoms with Gasteiger partial charge in [-0.05, 0) is 43.0 Å². The Morgan fingerprint density at radius 2 is 2.19 bits per heavy atom. The van der Waals surface area contributed by atoms with E-state index in [4.69, 9.17) is 16.3 Å². The minimum absolute atomic E-state index is 0.271. The summed E-state index contributed by atoms with van der Waals surface area (Å²) in [5.74, 6) is 0. The first-order valence-corrected chi connectivity index (χ1v) is 6.10. The second kappa shape index (κ2) is 5.17. The van der Waals surface area contributed by atoms with Crippen LogP contribution in [0.4, 0.5) is 0 Å². The zero-order chi connectivity index (χ0) is 11.5. The van der Waals surface area contributed by atoms with Crippen molar-refractivity contribution in [1.29, 1.82) is 0 Å². The van der Waals surface area contributed by atoms with Crippen molar-refractivity contribution in [1.82, 2.24) is 5.32 Å². The van der Waals surface area contributed by atoms with E-state index in [1.807, 2.05) is 6.07 Å². The lowest BCUT2D eigenvalue weighted by molar-refractivity contribution is 0.114. The quantitative estimate of drug-likeness (QED) is 0.872. The molecule has 0 saturated carbocycles. The largest absolute Gasteiger partial charge is 0.380 e. The fraction of sp³-hybridized carbons (Fsp3) is 0.538. The van der Waals surface area contributed by atoms with Crippen LogP contribution in [0.1, 0.15) is 18.1 Å².